The Morgan fingerprint density at radius 2 is 2.12 bits per heavy atom. The molecule has 0 bridgehead atoms. The van der Waals surface area contributed by atoms with Gasteiger partial charge in [0.1, 0.15) is 0 Å². The zero-order chi connectivity index (χ0) is 17.1. The fourth-order valence-corrected chi connectivity index (χ4v) is 3.88. The minimum atomic E-state index is -0.878. The van der Waals surface area contributed by atoms with Crippen LogP contribution in [0.5, 0.6) is 0 Å². The minimum absolute atomic E-state index is 0.0835. The monoisotopic (exact) mass is 338 g/mol. The number of benzene rings is 1. The smallest absolute Gasteiger partial charge is 0.220 e. The highest BCUT2D eigenvalue weighted by atomic mass is 19.2. The molecule has 1 aromatic carbocycles. The van der Waals surface area contributed by atoms with E-state index >= 15 is 0 Å². The van der Waals surface area contributed by atoms with Gasteiger partial charge < -0.3 is 10.4 Å². The first-order valence-electron chi connectivity index (χ1n) is 8.69. The van der Waals surface area contributed by atoms with Crippen LogP contribution in [0.1, 0.15) is 37.7 Å². The largest absolute Gasteiger partial charge is 0.392 e. The van der Waals surface area contributed by atoms with Crippen LogP contribution in [0.3, 0.4) is 0 Å². The maximum Gasteiger partial charge on any atom is 0.220 e. The van der Waals surface area contributed by atoms with E-state index in [1.54, 1.807) is 0 Å². The quantitative estimate of drug-likeness (QED) is 0.863. The van der Waals surface area contributed by atoms with Gasteiger partial charge >= 0.3 is 0 Å². The second-order valence-electron chi connectivity index (χ2n) is 6.82. The maximum absolute atomic E-state index is 13.6. The summed E-state index contributed by atoms with van der Waals surface area (Å²) in [6, 6.07) is 4.40. The van der Waals surface area contributed by atoms with Crippen LogP contribution in [0.25, 0.3) is 0 Å². The van der Waals surface area contributed by atoms with E-state index in [2.05, 4.69) is 10.2 Å². The van der Waals surface area contributed by atoms with Crippen LogP contribution in [0.15, 0.2) is 18.2 Å². The third-order valence-corrected chi connectivity index (χ3v) is 5.14. The number of aliphatic hydroxyl groups is 1. The van der Waals surface area contributed by atoms with Crippen molar-refractivity contribution in [1.82, 2.24) is 10.2 Å². The standard InChI is InChI=1S/C18H24F2N2O2/c19-14-4-1-3-12(18(14)20)7-8-17(24)21-15-5-2-6-16(15)22-10-9-13(23)11-22/h1,3-4,13,15-16,23H,2,5-11H2,(H,21,24)/t13?,15-,16+/m1/s1. The molecule has 1 unspecified atom stereocenters. The molecule has 1 saturated heterocycles. The molecule has 1 aromatic rings. The molecule has 0 radical (unpaired) electrons. The molecule has 2 N–H and O–H groups in total. The number of halogens is 2. The average Bonchev–Trinajstić information content (AvgIpc) is 3.17. The number of rotatable bonds is 5. The predicted molar refractivity (Wildman–Crippen MR) is 86.4 cm³/mol. The maximum atomic E-state index is 13.6. The molecule has 0 spiro atoms. The van der Waals surface area contributed by atoms with Crippen molar-refractivity contribution in [3.05, 3.63) is 35.4 Å². The summed E-state index contributed by atoms with van der Waals surface area (Å²) in [5, 5.41) is 12.7. The van der Waals surface area contributed by atoms with Crippen LogP contribution in [-0.2, 0) is 11.2 Å². The Morgan fingerprint density at radius 1 is 1.29 bits per heavy atom. The van der Waals surface area contributed by atoms with Gasteiger partial charge in [0, 0.05) is 31.6 Å². The molecule has 2 aliphatic rings. The summed E-state index contributed by atoms with van der Waals surface area (Å²) in [5.74, 6) is -1.87. The first-order chi connectivity index (χ1) is 11.5. The van der Waals surface area contributed by atoms with Crippen LogP contribution in [0.4, 0.5) is 8.78 Å². The minimum Gasteiger partial charge on any atom is -0.392 e. The number of hydrogen-bond acceptors (Lipinski definition) is 3. The van der Waals surface area contributed by atoms with Gasteiger partial charge in [-0.25, -0.2) is 8.78 Å². The number of carbonyl (C=O) groups excluding carboxylic acids is 1. The number of nitrogens with one attached hydrogen (secondary N) is 1. The van der Waals surface area contributed by atoms with Crippen LogP contribution in [0, 0.1) is 11.6 Å². The first kappa shape index (κ1) is 17.3. The molecule has 0 aromatic heterocycles. The normalized spacial score (nSPS) is 27.5. The van der Waals surface area contributed by atoms with Gasteiger partial charge in [0.05, 0.1) is 6.10 Å². The van der Waals surface area contributed by atoms with Crippen molar-refractivity contribution in [3.63, 3.8) is 0 Å². The Kier molecular flexibility index (Phi) is 5.46. The molecule has 6 heteroatoms. The Balaban J connectivity index is 1.51. The van der Waals surface area contributed by atoms with Crippen molar-refractivity contribution in [2.45, 2.75) is 56.7 Å². The Labute approximate surface area is 140 Å². The summed E-state index contributed by atoms with van der Waals surface area (Å²) in [4.78, 5) is 14.5. The zero-order valence-corrected chi connectivity index (χ0v) is 13.7. The van der Waals surface area contributed by atoms with Gasteiger partial charge in [0.25, 0.3) is 0 Å². The fraction of sp³-hybridized carbons (Fsp3) is 0.611. The topological polar surface area (TPSA) is 52.6 Å². The van der Waals surface area contributed by atoms with Crippen LogP contribution < -0.4 is 5.32 Å². The van der Waals surface area contributed by atoms with E-state index in [4.69, 9.17) is 0 Å². The number of aliphatic hydroxyl groups excluding tert-OH is 1. The fourth-order valence-electron chi connectivity index (χ4n) is 3.88. The number of amides is 1. The molecular formula is C18H24F2N2O2. The van der Waals surface area contributed by atoms with E-state index in [-0.39, 0.29) is 42.5 Å². The van der Waals surface area contributed by atoms with E-state index in [9.17, 15) is 18.7 Å². The number of β-amino-alcohol motifs (C(OH)–C–C–N with tert-alkyl or cyclic N) is 1. The molecule has 4 nitrogen and oxygen atoms in total. The van der Waals surface area contributed by atoms with Crippen molar-refractivity contribution in [3.8, 4) is 0 Å². The molecule has 1 heterocycles. The Bertz CT molecular complexity index is 596. The molecule has 132 valence electrons. The number of nitrogens with zero attached hydrogens (tertiary/aromatic N) is 1. The second-order valence-corrected chi connectivity index (χ2v) is 6.82. The average molecular weight is 338 g/mol. The number of likely N-dealkylation sites (tertiary alicyclic amines) is 1. The Hall–Kier alpha value is -1.53. The third-order valence-electron chi connectivity index (χ3n) is 5.14. The molecule has 1 saturated carbocycles. The van der Waals surface area contributed by atoms with Gasteiger partial charge in [-0.05, 0) is 43.7 Å². The van der Waals surface area contributed by atoms with Gasteiger partial charge in [-0.15, -0.1) is 0 Å². The third kappa shape index (κ3) is 3.92. The van der Waals surface area contributed by atoms with E-state index in [1.807, 2.05) is 0 Å². The molecule has 1 amide bonds. The lowest BCUT2D eigenvalue weighted by molar-refractivity contribution is -0.122. The molecular weight excluding hydrogens is 314 g/mol. The number of hydrogen-bond donors (Lipinski definition) is 2. The van der Waals surface area contributed by atoms with Gasteiger partial charge in [-0.2, -0.15) is 0 Å². The lowest BCUT2D eigenvalue weighted by atomic mass is 10.1. The van der Waals surface area contributed by atoms with Crippen molar-refractivity contribution < 1.29 is 18.7 Å². The molecule has 3 atom stereocenters. The van der Waals surface area contributed by atoms with Gasteiger partial charge in [-0.1, -0.05) is 12.1 Å². The van der Waals surface area contributed by atoms with E-state index in [0.717, 1.165) is 38.3 Å². The highest BCUT2D eigenvalue weighted by molar-refractivity contribution is 5.76. The summed E-state index contributed by atoms with van der Waals surface area (Å²) < 4.78 is 26.8. The Morgan fingerprint density at radius 3 is 2.88 bits per heavy atom. The molecule has 2 fully saturated rings. The summed E-state index contributed by atoms with van der Waals surface area (Å²) in [6.07, 6.45) is 3.86. The lowest BCUT2D eigenvalue weighted by Gasteiger charge is -2.29. The SMILES string of the molecule is O=C(CCc1cccc(F)c1F)N[C@@H]1CCC[C@@H]1N1CCC(O)C1. The van der Waals surface area contributed by atoms with Crippen LogP contribution in [0.2, 0.25) is 0 Å². The molecule has 3 rings (SSSR count). The van der Waals surface area contributed by atoms with E-state index < -0.39 is 11.6 Å². The van der Waals surface area contributed by atoms with Crippen molar-refractivity contribution in [2.75, 3.05) is 13.1 Å². The van der Waals surface area contributed by atoms with Crippen molar-refractivity contribution >= 4 is 5.91 Å². The summed E-state index contributed by atoms with van der Waals surface area (Å²) in [5.41, 5.74) is 0.232. The summed E-state index contributed by atoms with van der Waals surface area (Å²) in [7, 11) is 0. The van der Waals surface area contributed by atoms with E-state index in [1.165, 1.54) is 12.1 Å². The van der Waals surface area contributed by atoms with E-state index in [0.29, 0.717) is 6.54 Å². The van der Waals surface area contributed by atoms with Gasteiger partial charge in [0.15, 0.2) is 11.6 Å². The number of carbonyl (C=O) groups is 1. The molecule has 1 aliphatic heterocycles. The first-order valence-corrected chi connectivity index (χ1v) is 8.69. The lowest BCUT2D eigenvalue weighted by Crippen LogP contribution is -2.48. The highest BCUT2D eigenvalue weighted by Gasteiger charge is 2.36. The van der Waals surface area contributed by atoms with Crippen LogP contribution >= 0.6 is 0 Å². The number of aryl methyl sites for hydroxylation is 1. The van der Waals surface area contributed by atoms with Gasteiger partial charge in [-0.3, -0.25) is 9.69 Å². The predicted octanol–water partition coefficient (Wildman–Crippen LogP) is 2.00. The van der Waals surface area contributed by atoms with Crippen molar-refractivity contribution in [1.29, 1.82) is 0 Å². The van der Waals surface area contributed by atoms with Crippen LogP contribution in [-0.4, -0.2) is 47.2 Å². The highest BCUT2D eigenvalue weighted by Crippen LogP contribution is 2.27. The second kappa shape index (κ2) is 7.57. The van der Waals surface area contributed by atoms with Gasteiger partial charge in [0.2, 0.25) is 5.91 Å². The molecule has 1 aliphatic carbocycles. The zero-order valence-electron chi connectivity index (χ0n) is 13.7. The van der Waals surface area contributed by atoms with Crippen molar-refractivity contribution in [2.24, 2.45) is 0 Å². The summed E-state index contributed by atoms with van der Waals surface area (Å²) >= 11 is 0. The summed E-state index contributed by atoms with van der Waals surface area (Å²) in [6.45, 7) is 1.54. The molecule has 24 heavy (non-hydrogen) atoms.